The minimum absolute atomic E-state index is 0.191. The van der Waals surface area contributed by atoms with Crippen LogP contribution in [0.4, 0.5) is 0 Å². The predicted octanol–water partition coefficient (Wildman–Crippen LogP) is 10.1. The highest BCUT2D eigenvalue weighted by Gasteiger charge is 2.44. The largest absolute Gasteiger partial charge is 0.394 e. The first-order valence-corrected chi connectivity index (χ1v) is 23.7. The van der Waals surface area contributed by atoms with Gasteiger partial charge < -0.3 is 40.3 Å². The van der Waals surface area contributed by atoms with Crippen LogP contribution in [0.25, 0.3) is 0 Å². The molecule has 334 valence electrons. The number of rotatable bonds is 39. The maximum absolute atomic E-state index is 12.9. The molecule has 9 nitrogen and oxygen atoms in total. The highest BCUT2D eigenvalue weighted by atomic mass is 16.7. The van der Waals surface area contributed by atoms with Gasteiger partial charge in [0.05, 0.1) is 25.4 Å². The molecule has 0 aromatic heterocycles. The van der Waals surface area contributed by atoms with Crippen LogP contribution in [0.5, 0.6) is 0 Å². The molecule has 1 rings (SSSR count). The highest BCUT2D eigenvalue weighted by Crippen LogP contribution is 2.22. The van der Waals surface area contributed by atoms with Crippen molar-refractivity contribution >= 4 is 5.91 Å². The summed E-state index contributed by atoms with van der Waals surface area (Å²) in [6.45, 7) is 3.74. The minimum atomic E-state index is -1.57. The van der Waals surface area contributed by atoms with Crippen LogP contribution in [0.2, 0.25) is 0 Å². The summed E-state index contributed by atoms with van der Waals surface area (Å²) in [6, 6.07) is -0.811. The molecule has 0 aliphatic carbocycles. The number of carbonyl (C=O) groups excluding carboxylic acids is 1. The van der Waals surface area contributed by atoms with Crippen molar-refractivity contribution in [2.75, 3.05) is 13.2 Å². The SMILES string of the molecule is CCCCC/C=C\C/C=C\CCCCCCCC(=O)NC(COC1OC(CO)C(O)C(O)C1O)C(O)/C=C/CCCCCCCCCCCCCCCCCCC. The van der Waals surface area contributed by atoms with E-state index in [2.05, 4.69) is 43.5 Å². The summed E-state index contributed by atoms with van der Waals surface area (Å²) in [4.78, 5) is 12.9. The van der Waals surface area contributed by atoms with Gasteiger partial charge >= 0.3 is 0 Å². The second-order valence-electron chi connectivity index (χ2n) is 16.5. The van der Waals surface area contributed by atoms with Crippen LogP contribution in [0.3, 0.4) is 0 Å². The molecule has 1 aliphatic rings. The van der Waals surface area contributed by atoms with Crippen molar-refractivity contribution in [2.45, 2.75) is 249 Å². The number of aliphatic hydroxyl groups excluding tert-OH is 5. The molecule has 1 saturated heterocycles. The summed E-state index contributed by atoms with van der Waals surface area (Å²) in [5, 5.41) is 54.2. The van der Waals surface area contributed by atoms with Gasteiger partial charge in [-0.05, 0) is 51.4 Å². The van der Waals surface area contributed by atoms with E-state index in [-0.39, 0.29) is 12.5 Å². The normalized spacial score (nSPS) is 21.3. The lowest BCUT2D eigenvalue weighted by atomic mass is 9.99. The van der Waals surface area contributed by atoms with E-state index in [1.807, 2.05) is 6.08 Å². The molecular weight excluding hydrogens is 719 g/mol. The molecule has 0 spiro atoms. The summed E-state index contributed by atoms with van der Waals surface area (Å²) in [5.74, 6) is -0.191. The van der Waals surface area contributed by atoms with Crippen molar-refractivity contribution in [3.63, 3.8) is 0 Å². The standard InChI is InChI=1S/C48H89NO8/c1-3-5-7-9-11-13-15-17-19-20-21-22-24-25-27-29-31-33-35-37-42(51)41(40-56-48-47(55)46(54)45(53)43(39-50)57-48)49-44(52)38-36-34-32-30-28-26-23-18-16-14-12-10-8-6-4-2/h12,14,18,23,35,37,41-43,45-48,50-51,53-55H,3-11,13,15-17,19-22,24-34,36,38-40H2,1-2H3,(H,49,52)/b14-12-,23-18-,37-35+. The Hall–Kier alpha value is -1.59. The summed E-state index contributed by atoms with van der Waals surface area (Å²) in [5.41, 5.74) is 0. The second kappa shape index (κ2) is 38.6. The quantitative estimate of drug-likeness (QED) is 0.0266. The van der Waals surface area contributed by atoms with Gasteiger partial charge in [0, 0.05) is 6.42 Å². The molecule has 1 heterocycles. The van der Waals surface area contributed by atoms with Gasteiger partial charge in [-0.15, -0.1) is 0 Å². The lowest BCUT2D eigenvalue weighted by Gasteiger charge is -2.40. The van der Waals surface area contributed by atoms with Gasteiger partial charge in [0.15, 0.2) is 6.29 Å². The molecule has 1 fully saturated rings. The number of nitrogens with one attached hydrogen (secondary N) is 1. The van der Waals surface area contributed by atoms with Crippen LogP contribution >= 0.6 is 0 Å². The number of unbranched alkanes of at least 4 members (excludes halogenated alkanes) is 25. The highest BCUT2D eigenvalue weighted by molar-refractivity contribution is 5.76. The monoisotopic (exact) mass is 808 g/mol. The van der Waals surface area contributed by atoms with Gasteiger partial charge in [0.1, 0.15) is 24.4 Å². The van der Waals surface area contributed by atoms with E-state index in [0.29, 0.717) is 6.42 Å². The molecule has 1 aliphatic heterocycles. The zero-order valence-electron chi connectivity index (χ0n) is 36.6. The van der Waals surface area contributed by atoms with Crippen molar-refractivity contribution in [1.29, 1.82) is 0 Å². The zero-order chi connectivity index (χ0) is 41.6. The van der Waals surface area contributed by atoms with Gasteiger partial charge in [-0.3, -0.25) is 4.79 Å². The number of ether oxygens (including phenoxy) is 2. The topological polar surface area (TPSA) is 149 Å². The van der Waals surface area contributed by atoms with Gasteiger partial charge in [-0.25, -0.2) is 0 Å². The summed E-state index contributed by atoms with van der Waals surface area (Å²) < 4.78 is 11.2. The first-order chi connectivity index (χ1) is 27.8. The molecular formula is C48H89NO8. The number of allylic oxidation sites excluding steroid dienone is 5. The second-order valence-corrected chi connectivity index (χ2v) is 16.5. The molecule has 0 aromatic carbocycles. The Kier molecular flexibility index (Phi) is 36.2. The number of hydrogen-bond donors (Lipinski definition) is 6. The molecule has 7 unspecified atom stereocenters. The van der Waals surface area contributed by atoms with Gasteiger partial charge in [-0.2, -0.15) is 0 Å². The molecule has 0 bridgehead atoms. The van der Waals surface area contributed by atoms with Crippen LogP contribution in [-0.2, 0) is 14.3 Å². The lowest BCUT2D eigenvalue weighted by Crippen LogP contribution is -2.60. The van der Waals surface area contributed by atoms with Gasteiger partial charge in [0.2, 0.25) is 5.91 Å². The average Bonchev–Trinajstić information content (AvgIpc) is 3.21. The fourth-order valence-corrected chi connectivity index (χ4v) is 7.36. The zero-order valence-corrected chi connectivity index (χ0v) is 36.6. The first kappa shape index (κ1) is 53.4. The third-order valence-corrected chi connectivity index (χ3v) is 11.2. The predicted molar refractivity (Wildman–Crippen MR) is 235 cm³/mol. The van der Waals surface area contributed by atoms with Crippen LogP contribution in [0.1, 0.15) is 206 Å². The summed E-state index contributed by atoms with van der Waals surface area (Å²) in [7, 11) is 0. The molecule has 0 saturated carbocycles. The maximum atomic E-state index is 12.9. The van der Waals surface area contributed by atoms with E-state index < -0.39 is 49.5 Å². The van der Waals surface area contributed by atoms with Gasteiger partial charge in [-0.1, -0.05) is 185 Å². The third-order valence-electron chi connectivity index (χ3n) is 11.2. The third kappa shape index (κ3) is 29.3. The fourth-order valence-electron chi connectivity index (χ4n) is 7.36. The van der Waals surface area contributed by atoms with E-state index >= 15 is 0 Å². The Morgan fingerprint density at radius 3 is 1.54 bits per heavy atom. The number of amides is 1. The fraction of sp³-hybridized carbons (Fsp3) is 0.854. The number of carbonyl (C=O) groups is 1. The van der Waals surface area contributed by atoms with E-state index in [1.54, 1.807) is 6.08 Å². The van der Waals surface area contributed by atoms with Crippen molar-refractivity contribution in [1.82, 2.24) is 5.32 Å². The van der Waals surface area contributed by atoms with Crippen molar-refractivity contribution < 1.29 is 39.8 Å². The lowest BCUT2D eigenvalue weighted by molar-refractivity contribution is -0.302. The Morgan fingerprint density at radius 2 is 1.04 bits per heavy atom. The van der Waals surface area contributed by atoms with Gasteiger partial charge in [0.25, 0.3) is 0 Å². The summed E-state index contributed by atoms with van der Waals surface area (Å²) in [6.07, 6.45) is 40.4. The van der Waals surface area contributed by atoms with Crippen LogP contribution in [0, 0.1) is 0 Å². The van der Waals surface area contributed by atoms with Crippen molar-refractivity contribution in [3.8, 4) is 0 Å². The first-order valence-electron chi connectivity index (χ1n) is 23.7. The Labute approximate surface area is 349 Å². The molecule has 1 amide bonds. The molecule has 0 radical (unpaired) electrons. The average molecular weight is 808 g/mol. The van der Waals surface area contributed by atoms with Crippen molar-refractivity contribution in [2.24, 2.45) is 0 Å². The maximum Gasteiger partial charge on any atom is 0.220 e. The van der Waals surface area contributed by atoms with Crippen LogP contribution in [0.15, 0.2) is 36.5 Å². The van der Waals surface area contributed by atoms with E-state index in [0.717, 1.165) is 64.2 Å². The molecule has 0 aromatic rings. The Bertz CT molecular complexity index is 987. The van der Waals surface area contributed by atoms with Crippen LogP contribution in [-0.4, -0.2) is 87.5 Å². The smallest absolute Gasteiger partial charge is 0.220 e. The van der Waals surface area contributed by atoms with Crippen molar-refractivity contribution in [3.05, 3.63) is 36.5 Å². The van der Waals surface area contributed by atoms with Crippen LogP contribution < -0.4 is 5.32 Å². The Morgan fingerprint density at radius 1 is 0.596 bits per heavy atom. The number of hydrogen-bond acceptors (Lipinski definition) is 8. The van der Waals surface area contributed by atoms with E-state index in [9.17, 15) is 30.3 Å². The van der Waals surface area contributed by atoms with E-state index in [4.69, 9.17) is 9.47 Å². The minimum Gasteiger partial charge on any atom is -0.394 e. The number of aliphatic hydroxyl groups is 5. The Balaban J connectivity index is 2.35. The molecule has 9 heteroatoms. The van der Waals surface area contributed by atoms with E-state index in [1.165, 1.54) is 122 Å². The molecule has 7 atom stereocenters. The molecule has 57 heavy (non-hydrogen) atoms. The molecule has 6 N–H and O–H groups in total. The summed E-state index contributed by atoms with van der Waals surface area (Å²) >= 11 is 0.